The minimum Gasteiger partial charge on any atom is -0.465 e. The number of halogens is 1. The third-order valence-electron chi connectivity index (χ3n) is 2.12. The number of hydrogen-bond donors (Lipinski definition) is 0. The number of carbonyl (C=O) groups is 1. The van der Waals surface area contributed by atoms with E-state index in [4.69, 9.17) is 0 Å². The molecule has 1 aromatic carbocycles. The Morgan fingerprint density at radius 1 is 1.38 bits per heavy atom. The van der Waals surface area contributed by atoms with Gasteiger partial charge in [0.2, 0.25) is 0 Å². The van der Waals surface area contributed by atoms with Gasteiger partial charge in [-0.3, -0.25) is 0 Å². The van der Waals surface area contributed by atoms with E-state index >= 15 is 0 Å². The van der Waals surface area contributed by atoms with E-state index in [9.17, 15) is 9.18 Å². The average molecular weight is 236 g/mol. The lowest BCUT2D eigenvalue weighted by atomic mass is 10.1. The Bertz CT molecular complexity index is 506. The molecule has 0 aliphatic rings. The van der Waals surface area contributed by atoms with E-state index < -0.39 is 11.8 Å². The average Bonchev–Trinajstić information content (AvgIpc) is 2.80. The first-order valence-electron chi connectivity index (χ1n) is 4.63. The van der Waals surface area contributed by atoms with Crippen LogP contribution in [0.15, 0.2) is 35.7 Å². The van der Waals surface area contributed by atoms with Crippen molar-refractivity contribution in [3.63, 3.8) is 0 Å². The third kappa shape index (κ3) is 2.12. The van der Waals surface area contributed by atoms with E-state index in [1.54, 1.807) is 6.07 Å². The van der Waals surface area contributed by atoms with E-state index in [1.807, 2.05) is 17.5 Å². The van der Waals surface area contributed by atoms with Crippen LogP contribution in [0.5, 0.6) is 0 Å². The number of methoxy groups -OCH3 is 1. The molecule has 1 aromatic heterocycles. The van der Waals surface area contributed by atoms with E-state index in [0.717, 1.165) is 4.88 Å². The highest BCUT2D eigenvalue weighted by Gasteiger charge is 2.10. The van der Waals surface area contributed by atoms with Crippen LogP contribution in [0, 0.1) is 5.82 Å². The van der Waals surface area contributed by atoms with Crippen LogP contribution in [0.3, 0.4) is 0 Å². The lowest BCUT2D eigenvalue weighted by Gasteiger charge is -2.03. The van der Waals surface area contributed by atoms with Crippen LogP contribution in [-0.4, -0.2) is 13.1 Å². The van der Waals surface area contributed by atoms with Crippen molar-refractivity contribution in [1.29, 1.82) is 0 Å². The second kappa shape index (κ2) is 4.45. The number of thiophene rings is 1. The summed E-state index contributed by atoms with van der Waals surface area (Å²) in [4.78, 5) is 12.2. The Hall–Kier alpha value is -1.68. The lowest BCUT2D eigenvalue weighted by molar-refractivity contribution is 0.0600. The van der Waals surface area contributed by atoms with Gasteiger partial charge in [0.1, 0.15) is 5.82 Å². The SMILES string of the molecule is COC(=O)c1cc(F)cc(-c2cccs2)c1. The molecule has 0 bridgehead atoms. The molecule has 0 radical (unpaired) electrons. The van der Waals surface area contributed by atoms with Crippen molar-refractivity contribution in [2.75, 3.05) is 7.11 Å². The van der Waals surface area contributed by atoms with Crippen molar-refractivity contribution in [3.8, 4) is 10.4 Å². The summed E-state index contributed by atoms with van der Waals surface area (Å²) in [7, 11) is 1.28. The van der Waals surface area contributed by atoms with E-state index in [0.29, 0.717) is 5.56 Å². The molecule has 0 saturated carbocycles. The quantitative estimate of drug-likeness (QED) is 0.747. The molecule has 82 valence electrons. The lowest BCUT2D eigenvalue weighted by Crippen LogP contribution is -2.01. The second-order valence-corrected chi connectivity index (χ2v) is 4.15. The fraction of sp³-hybridized carbons (Fsp3) is 0.0833. The van der Waals surface area contributed by atoms with Gasteiger partial charge >= 0.3 is 5.97 Å². The summed E-state index contributed by atoms with van der Waals surface area (Å²) in [5.41, 5.74) is 0.918. The zero-order chi connectivity index (χ0) is 11.5. The van der Waals surface area contributed by atoms with Crippen LogP contribution in [0.4, 0.5) is 4.39 Å². The molecule has 0 unspecified atom stereocenters. The van der Waals surface area contributed by atoms with Crippen LogP contribution in [-0.2, 0) is 4.74 Å². The van der Waals surface area contributed by atoms with Crippen molar-refractivity contribution in [2.24, 2.45) is 0 Å². The van der Waals surface area contributed by atoms with Gasteiger partial charge in [-0.2, -0.15) is 0 Å². The number of ether oxygens (including phenoxy) is 1. The number of esters is 1. The molecule has 4 heteroatoms. The molecular formula is C12H9FO2S. The standard InChI is InChI=1S/C12H9FO2S/c1-15-12(14)9-5-8(6-10(13)7-9)11-3-2-4-16-11/h2-7H,1H3. The molecule has 0 saturated heterocycles. The van der Waals surface area contributed by atoms with Gasteiger partial charge in [0.15, 0.2) is 0 Å². The van der Waals surface area contributed by atoms with Gasteiger partial charge in [0, 0.05) is 4.88 Å². The van der Waals surface area contributed by atoms with Gasteiger partial charge in [0.05, 0.1) is 12.7 Å². The first-order chi connectivity index (χ1) is 7.70. The summed E-state index contributed by atoms with van der Waals surface area (Å²) in [6.07, 6.45) is 0. The maximum Gasteiger partial charge on any atom is 0.337 e. The highest BCUT2D eigenvalue weighted by molar-refractivity contribution is 7.13. The van der Waals surface area contributed by atoms with E-state index in [-0.39, 0.29) is 5.56 Å². The molecule has 0 amide bonds. The fourth-order valence-electron chi connectivity index (χ4n) is 1.41. The van der Waals surface area contributed by atoms with Crippen LogP contribution >= 0.6 is 11.3 Å². The Morgan fingerprint density at radius 3 is 2.81 bits per heavy atom. The largest absolute Gasteiger partial charge is 0.465 e. The minimum atomic E-state index is -0.530. The molecule has 2 nitrogen and oxygen atoms in total. The zero-order valence-corrected chi connectivity index (χ0v) is 9.38. The monoisotopic (exact) mass is 236 g/mol. The summed E-state index contributed by atoms with van der Waals surface area (Å²) in [5.74, 6) is -0.969. The van der Waals surface area contributed by atoms with Gasteiger partial charge in [-0.05, 0) is 35.2 Å². The van der Waals surface area contributed by atoms with E-state index in [2.05, 4.69) is 4.74 Å². The first-order valence-corrected chi connectivity index (χ1v) is 5.51. The molecule has 2 rings (SSSR count). The van der Waals surface area contributed by atoms with Gasteiger partial charge in [0.25, 0.3) is 0 Å². The smallest absolute Gasteiger partial charge is 0.337 e. The number of rotatable bonds is 2. The molecule has 0 fully saturated rings. The molecule has 2 aromatic rings. The van der Waals surface area contributed by atoms with Crippen molar-refractivity contribution in [2.45, 2.75) is 0 Å². The van der Waals surface area contributed by atoms with Crippen LogP contribution in [0.1, 0.15) is 10.4 Å². The summed E-state index contributed by atoms with van der Waals surface area (Å²) in [5, 5.41) is 1.90. The minimum absolute atomic E-state index is 0.228. The molecule has 0 aliphatic carbocycles. The topological polar surface area (TPSA) is 26.3 Å². The normalized spacial score (nSPS) is 10.1. The number of hydrogen-bond acceptors (Lipinski definition) is 3. The van der Waals surface area contributed by atoms with Gasteiger partial charge in [-0.15, -0.1) is 11.3 Å². The molecule has 16 heavy (non-hydrogen) atoms. The van der Waals surface area contributed by atoms with Gasteiger partial charge in [-0.1, -0.05) is 6.07 Å². The molecule has 1 heterocycles. The maximum atomic E-state index is 13.3. The third-order valence-corrected chi connectivity index (χ3v) is 3.04. The highest BCUT2D eigenvalue weighted by Crippen LogP contribution is 2.26. The summed E-state index contributed by atoms with van der Waals surface area (Å²) in [6.45, 7) is 0. The number of benzene rings is 1. The summed E-state index contributed by atoms with van der Waals surface area (Å²) >= 11 is 1.49. The van der Waals surface area contributed by atoms with Crippen molar-refractivity contribution < 1.29 is 13.9 Å². The van der Waals surface area contributed by atoms with Crippen molar-refractivity contribution in [1.82, 2.24) is 0 Å². The maximum absolute atomic E-state index is 13.3. The highest BCUT2D eigenvalue weighted by atomic mass is 32.1. The van der Waals surface area contributed by atoms with Crippen LogP contribution < -0.4 is 0 Å². The predicted octanol–water partition coefficient (Wildman–Crippen LogP) is 3.34. The Balaban J connectivity index is 2.48. The second-order valence-electron chi connectivity index (χ2n) is 3.20. The molecule has 0 N–H and O–H groups in total. The van der Waals surface area contributed by atoms with Crippen LogP contribution in [0.2, 0.25) is 0 Å². The molecule has 0 atom stereocenters. The van der Waals surface area contributed by atoms with Crippen molar-refractivity contribution >= 4 is 17.3 Å². The molecule has 0 spiro atoms. The molecular weight excluding hydrogens is 227 g/mol. The van der Waals surface area contributed by atoms with Crippen molar-refractivity contribution in [3.05, 3.63) is 47.1 Å². The van der Waals surface area contributed by atoms with E-state index in [1.165, 1.54) is 30.6 Å². The Morgan fingerprint density at radius 2 is 2.19 bits per heavy atom. The van der Waals surface area contributed by atoms with Gasteiger partial charge < -0.3 is 4.74 Å². The zero-order valence-electron chi connectivity index (χ0n) is 8.57. The molecule has 0 aliphatic heterocycles. The number of carbonyl (C=O) groups excluding carboxylic acids is 1. The van der Waals surface area contributed by atoms with Gasteiger partial charge in [-0.25, -0.2) is 9.18 Å². The Kier molecular flexibility index (Phi) is 3.01. The summed E-state index contributed by atoms with van der Waals surface area (Å²) in [6, 6.07) is 7.95. The Labute approximate surface area is 96.3 Å². The predicted molar refractivity (Wildman–Crippen MR) is 61.1 cm³/mol. The van der Waals surface area contributed by atoms with Crippen LogP contribution in [0.25, 0.3) is 10.4 Å². The first kappa shape index (κ1) is 10.8. The summed E-state index contributed by atoms with van der Waals surface area (Å²) < 4.78 is 17.9. The fourth-order valence-corrected chi connectivity index (χ4v) is 2.13.